The quantitative estimate of drug-likeness (QED) is 0.0886. The molecule has 2 fully saturated rings. The molecule has 0 aromatic rings. The van der Waals surface area contributed by atoms with Gasteiger partial charge < -0.3 is 52.8 Å². The van der Waals surface area contributed by atoms with E-state index in [0.717, 1.165) is 64.2 Å². The van der Waals surface area contributed by atoms with E-state index in [-0.39, 0.29) is 37.7 Å². The Morgan fingerprint density at radius 2 is 1.39 bits per heavy atom. The molecule has 0 radical (unpaired) electrons. The molecular formula is C39H74N8O7. The van der Waals surface area contributed by atoms with Gasteiger partial charge in [-0.1, -0.05) is 78.6 Å². The molecule has 7 atom stereocenters. The number of nitrogens with one attached hydrogen (secondary N) is 4. The summed E-state index contributed by atoms with van der Waals surface area (Å²) >= 11 is 0. The largest absolute Gasteiger partial charge is 0.375 e. The topological polar surface area (TPSA) is 233 Å². The number of ether oxygens (including phenoxy) is 2. The SMILES string of the molecule is CCCCCC[C@H]1OC[C@@H](C)NC(=O)[C@H](COC(CCN)CCN)NC(=O)[C@H](CN)NC(=O)C(C2CCCCCC2)NC(=O)[C@H](CCC)N(C)C(=O)[C@@H]1C. The van der Waals surface area contributed by atoms with Gasteiger partial charge >= 0.3 is 0 Å². The van der Waals surface area contributed by atoms with Crippen LogP contribution in [0.1, 0.15) is 124 Å². The first-order chi connectivity index (χ1) is 25.9. The van der Waals surface area contributed by atoms with Gasteiger partial charge in [0.15, 0.2) is 0 Å². The predicted molar refractivity (Wildman–Crippen MR) is 210 cm³/mol. The fraction of sp³-hybridized carbons (Fsp3) is 0.872. The van der Waals surface area contributed by atoms with Gasteiger partial charge in [-0.15, -0.1) is 0 Å². The van der Waals surface area contributed by atoms with E-state index in [1.165, 1.54) is 4.90 Å². The Hall–Kier alpha value is -2.85. The van der Waals surface area contributed by atoms with Gasteiger partial charge in [-0.05, 0) is 64.5 Å². The molecule has 1 aliphatic heterocycles. The lowest BCUT2D eigenvalue weighted by Crippen LogP contribution is -2.62. The van der Waals surface area contributed by atoms with Crippen LogP contribution in [-0.2, 0) is 33.4 Å². The van der Waals surface area contributed by atoms with Crippen molar-refractivity contribution in [1.82, 2.24) is 26.2 Å². The molecule has 1 unspecified atom stereocenters. The van der Waals surface area contributed by atoms with Crippen molar-refractivity contribution in [1.29, 1.82) is 0 Å². The van der Waals surface area contributed by atoms with Crippen molar-refractivity contribution < 1.29 is 33.4 Å². The van der Waals surface area contributed by atoms with Crippen molar-refractivity contribution in [2.45, 2.75) is 166 Å². The first-order valence-corrected chi connectivity index (χ1v) is 20.7. The zero-order valence-corrected chi connectivity index (χ0v) is 33.9. The second kappa shape index (κ2) is 26.1. The van der Waals surface area contributed by atoms with Crippen LogP contribution >= 0.6 is 0 Å². The summed E-state index contributed by atoms with van der Waals surface area (Å²) in [6.07, 6.45) is 11.2. The maximum atomic E-state index is 14.2. The molecule has 1 saturated carbocycles. The highest BCUT2D eigenvalue weighted by Crippen LogP contribution is 2.27. The normalized spacial score (nSPS) is 28.0. The number of hydrogen-bond donors (Lipinski definition) is 7. The van der Waals surface area contributed by atoms with Crippen molar-refractivity contribution in [2.24, 2.45) is 29.0 Å². The van der Waals surface area contributed by atoms with Gasteiger partial charge in [-0.25, -0.2) is 0 Å². The van der Waals surface area contributed by atoms with Crippen LogP contribution in [0.25, 0.3) is 0 Å². The highest BCUT2D eigenvalue weighted by Gasteiger charge is 2.38. The molecule has 0 bridgehead atoms. The van der Waals surface area contributed by atoms with Crippen LogP contribution in [0.2, 0.25) is 0 Å². The summed E-state index contributed by atoms with van der Waals surface area (Å²) in [6, 6.07) is -4.60. The van der Waals surface area contributed by atoms with Crippen molar-refractivity contribution >= 4 is 29.5 Å². The molecule has 1 aliphatic carbocycles. The number of nitrogens with zero attached hydrogens (tertiary/aromatic N) is 1. The van der Waals surface area contributed by atoms with Gasteiger partial charge in [0.2, 0.25) is 29.5 Å². The molecule has 2 aliphatic rings. The third kappa shape index (κ3) is 15.7. The number of amides is 5. The minimum Gasteiger partial charge on any atom is -0.375 e. The first kappa shape index (κ1) is 47.3. The van der Waals surface area contributed by atoms with E-state index in [0.29, 0.717) is 45.2 Å². The molecule has 2 rings (SSSR count). The van der Waals surface area contributed by atoms with E-state index < -0.39 is 65.9 Å². The second-order valence-corrected chi connectivity index (χ2v) is 15.4. The Labute approximate surface area is 324 Å². The van der Waals surface area contributed by atoms with Crippen molar-refractivity contribution in [2.75, 3.05) is 39.9 Å². The van der Waals surface area contributed by atoms with Crippen LogP contribution in [0.15, 0.2) is 0 Å². The molecular weight excluding hydrogens is 692 g/mol. The number of unbranched alkanes of at least 4 members (excludes halogenated alkanes) is 3. The summed E-state index contributed by atoms with van der Waals surface area (Å²) in [5.41, 5.74) is 17.6. The van der Waals surface area contributed by atoms with Crippen LogP contribution in [0, 0.1) is 11.8 Å². The smallest absolute Gasteiger partial charge is 0.245 e. The van der Waals surface area contributed by atoms with E-state index in [1.54, 1.807) is 14.0 Å². The van der Waals surface area contributed by atoms with Gasteiger partial charge in [0.25, 0.3) is 0 Å². The van der Waals surface area contributed by atoms with Crippen molar-refractivity contribution in [3.8, 4) is 0 Å². The monoisotopic (exact) mass is 767 g/mol. The Balaban J connectivity index is 2.56. The summed E-state index contributed by atoms with van der Waals surface area (Å²) in [5, 5.41) is 11.5. The molecule has 312 valence electrons. The molecule has 0 aromatic heterocycles. The standard InChI is InChI=1S/C39H74N8O7/c1-6-8-9-14-18-33-27(4)39(52)47(5)32(15-7-2)37(50)46-34(28-16-12-10-11-13-17-28)38(51)44-30(23-42)35(48)45-31(36(49)43-26(3)24-54-33)25-53-29(19-21-40)20-22-41/h26-34H,6-25,40-42H2,1-5H3,(H,43,49)(H,44,51)(H,45,48)(H,46,50)/t26-,27-,30+,31+,32+,33-,34?/m1/s1. The number of likely N-dealkylation sites (N-methyl/N-ethyl adjacent to an activating group) is 1. The highest BCUT2D eigenvalue weighted by molar-refractivity contribution is 5.96. The molecule has 54 heavy (non-hydrogen) atoms. The molecule has 1 heterocycles. The third-order valence-electron chi connectivity index (χ3n) is 10.8. The lowest BCUT2D eigenvalue weighted by atomic mass is 9.90. The number of carbonyl (C=O) groups is 5. The highest BCUT2D eigenvalue weighted by atomic mass is 16.5. The van der Waals surface area contributed by atoms with Crippen molar-refractivity contribution in [3.05, 3.63) is 0 Å². The zero-order valence-electron chi connectivity index (χ0n) is 33.9. The molecule has 10 N–H and O–H groups in total. The van der Waals surface area contributed by atoms with Gasteiger partial charge in [0.1, 0.15) is 24.2 Å². The molecule has 5 amide bonds. The number of nitrogens with two attached hydrogens (primary N) is 3. The Bertz CT molecular complexity index is 1130. The number of carbonyl (C=O) groups excluding carboxylic acids is 5. The van der Waals surface area contributed by atoms with E-state index in [4.69, 9.17) is 26.7 Å². The van der Waals surface area contributed by atoms with Gasteiger partial charge in [0.05, 0.1) is 31.3 Å². The molecule has 0 spiro atoms. The summed E-state index contributed by atoms with van der Waals surface area (Å²) in [5.74, 6) is -3.10. The fourth-order valence-corrected chi connectivity index (χ4v) is 7.47. The second-order valence-electron chi connectivity index (χ2n) is 15.4. The van der Waals surface area contributed by atoms with Crippen LogP contribution in [0.4, 0.5) is 0 Å². The third-order valence-corrected chi connectivity index (χ3v) is 10.8. The molecule has 0 aromatic carbocycles. The minimum atomic E-state index is -1.20. The van der Waals surface area contributed by atoms with Gasteiger partial charge in [-0.2, -0.15) is 0 Å². The van der Waals surface area contributed by atoms with Crippen LogP contribution in [0.5, 0.6) is 0 Å². The maximum Gasteiger partial charge on any atom is 0.245 e. The summed E-state index contributed by atoms with van der Waals surface area (Å²) in [6.45, 7) is 8.11. The Morgan fingerprint density at radius 3 is 1.98 bits per heavy atom. The van der Waals surface area contributed by atoms with Crippen LogP contribution in [-0.4, -0.2) is 117 Å². The van der Waals surface area contributed by atoms with Crippen LogP contribution < -0.4 is 38.5 Å². The summed E-state index contributed by atoms with van der Waals surface area (Å²) in [4.78, 5) is 71.5. The molecule has 15 heteroatoms. The molecule has 15 nitrogen and oxygen atoms in total. The summed E-state index contributed by atoms with van der Waals surface area (Å²) in [7, 11) is 1.64. The summed E-state index contributed by atoms with van der Waals surface area (Å²) < 4.78 is 12.4. The van der Waals surface area contributed by atoms with Gasteiger partial charge in [-0.3, -0.25) is 24.0 Å². The van der Waals surface area contributed by atoms with E-state index in [1.807, 2.05) is 13.8 Å². The van der Waals surface area contributed by atoms with Crippen LogP contribution in [0.3, 0.4) is 0 Å². The predicted octanol–water partition coefficient (Wildman–Crippen LogP) is 1.59. The minimum absolute atomic E-state index is 0.111. The van der Waals surface area contributed by atoms with Crippen molar-refractivity contribution in [3.63, 3.8) is 0 Å². The molecule has 1 saturated heterocycles. The average Bonchev–Trinajstić information content (AvgIpc) is 3.44. The first-order valence-electron chi connectivity index (χ1n) is 20.7. The number of rotatable bonds is 16. The van der Waals surface area contributed by atoms with E-state index in [9.17, 15) is 24.0 Å². The zero-order chi connectivity index (χ0) is 40.0. The Kier molecular flexibility index (Phi) is 22.8. The van der Waals surface area contributed by atoms with E-state index in [2.05, 4.69) is 28.2 Å². The average molecular weight is 767 g/mol. The maximum absolute atomic E-state index is 14.2. The fourth-order valence-electron chi connectivity index (χ4n) is 7.47. The number of hydrogen-bond acceptors (Lipinski definition) is 10. The van der Waals surface area contributed by atoms with E-state index >= 15 is 0 Å². The lowest BCUT2D eigenvalue weighted by Gasteiger charge is -2.34. The lowest BCUT2D eigenvalue weighted by molar-refractivity contribution is -0.147. The Morgan fingerprint density at radius 1 is 0.759 bits per heavy atom. The van der Waals surface area contributed by atoms with Gasteiger partial charge in [0, 0.05) is 19.6 Å².